The summed E-state index contributed by atoms with van der Waals surface area (Å²) < 4.78 is 5.09. The van der Waals surface area contributed by atoms with E-state index in [1.807, 2.05) is 0 Å². The first-order valence-corrected chi connectivity index (χ1v) is 7.35. The molecule has 0 spiro atoms. The van der Waals surface area contributed by atoms with E-state index in [2.05, 4.69) is 5.32 Å². The number of amides is 2. The van der Waals surface area contributed by atoms with E-state index in [4.69, 9.17) is 16.3 Å². The van der Waals surface area contributed by atoms with E-state index >= 15 is 0 Å². The van der Waals surface area contributed by atoms with Gasteiger partial charge in [-0.3, -0.25) is 9.59 Å². The van der Waals surface area contributed by atoms with Crippen molar-refractivity contribution < 1.29 is 14.3 Å². The Labute approximate surface area is 139 Å². The number of rotatable bonds is 5. The number of methoxy groups -OCH3 is 1. The molecule has 0 aliphatic heterocycles. The summed E-state index contributed by atoms with van der Waals surface area (Å²) in [4.78, 5) is 25.4. The monoisotopic (exact) mass is 332 g/mol. The molecule has 0 aromatic heterocycles. The van der Waals surface area contributed by atoms with Gasteiger partial charge < -0.3 is 15.0 Å². The number of halogens is 1. The van der Waals surface area contributed by atoms with E-state index in [0.717, 1.165) is 0 Å². The Balaban J connectivity index is 2.11. The minimum atomic E-state index is -0.330. The molecule has 0 radical (unpaired) electrons. The summed E-state index contributed by atoms with van der Waals surface area (Å²) in [6.07, 6.45) is 0. The number of benzene rings is 2. The third kappa shape index (κ3) is 4.47. The van der Waals surface area contributed by atoms with Crippen LogP contribution >= 0.6 is 11.6 Å². The maximum atomic E-state index is 12.2. The van der Waals surface area contributed by atoms with Crippen LogP contribution in [0.1, 0.15) is 6.92 Å². The SMILES string of the molecule is COc1ccc(N(CC(=O)Nc2ccccc2Cl)C(C)=O)cc1. The minimum Gasteiger partial charge on any atom is -0.497 e. The molecule has 1 N–H and O–H groups in total. The molecule has 0 aliphatic rings. The Morgan fingerprint density at radius 1 is 1.13 bits per heavy atom. The molecule has 2 aromatic carbocycles. The lowest BCUT2D eigenvalue weighted by atomic mass is 10.2. The zero-order valence-electron chi connectivity index (χ0n) is 12.9. The van der Waals surface area contributed by atoms with Crippen LogP contribution in [-0.2, 0) is 9.59 Å². The number of hydrogen-bond donors (Lipinski definition) is 1. The Kier molecular flexibility index (Phi) is 5.60. The highest BCUT2D eigenvalue weighted by Gasteiger charge is 2.16. The van der Waals surface area contributed by atoms with Gasteiger partial charge >= 0.3 is 0 Å². The lowest BCUT2D eigenvalue weighted by molar-refractivity contribution is -0.120. The molecule has 0 saturated heterocycles. The van der Waals surface area contributed by atoms with Crippen LogP contribution in [-0.4, -0.2) is 25.5 Å². The summed E-state index contributed by atoms with van der Waals surface area (Å²) in [5.74, 6) is 0.117. The molecule has 23 heavy (non-hydrogen) atoms. The fraction of sp³-hybridized carbons (Fsp3) is 0.176. The molecule has 2 rings (SSSR count). The predicted octanol–water partition coefficient (Wildman–Crippen LogP) is 3.34. The number of anilines is 2. The second-order valence-corrected chi connectivity index (χ2v) is 5.24. The maximum absolute atomic E-state index is 12.2. The zero-order valence-corrected chi connectivity index (χ0v) is 13.6. The minimum absolute atomic E-state index is 0.104. The van der Waals surface area contributed by atoms with Gasteiger partial charge in [0.05, 0.1) is 17.8 Å². The van der Waals surface area contributed by atoms with Gasteiger partial charge in [0.1, 0.15) is 12.3 Å². The number of nitrogens with zero attached hydrogens (tertiary/aromatic N) is 1. The standard InChI is InChI=1S/C17H17ClN2O3/c1-12(21)20(13-7-9-14(23-2)10-8-13)11-17(22)19-16-6-4-3-5-15(16)18/h3-10H,11H2,1-2H3,(H,19,22). The van der Waals surface area contributed by atoms with Gasteiger partial charge in [-0.05, 0) is 36.4 Å². The van der Waals surface area contributed by atoms with E-state index in [1.165, 1.54) is 11.8 Å². The summed E-state index contributed by atoms with van der Waals surface area (Å²) >= 11 is 6.01. The molecular formula is C17H17ClN2O3. The Bertz CT molecular complexity index is 701. The van der Waals surface area contributed by atoms with E-state index < -0.39 is 0 Å². The molecule has 5 nitrogen and oxygen atoms in total. The second-order valence-electron chi connectivity index (χ2n) is 4.83. The van der Waals surface area contributed by atoms with Crippen molar-refractivity contribution in [2.75, 3.05) is 23.9 Å². The highest BCUT2D eigenvalue weighted by Crippen LogP contribution is 2.22. The first-order chi connectivity index (χ1) is 11.0. The molecule has 0 aliphatic carbocycles. The molecule has 0 unspecified atom stereocenters. The largest absolute Gasteiger partial charge is 0.497 e. The van der Waals surface area contributed by atoms with Gasteiger partial charge in [0, 0.05) is 12.6 Å². The van der Waals surface area contributed by atoms with Gasteiger partial charge in [-0.25, -0.2) is 0 Å². The molecular weight excluding hydrogens is 316 g/mol. The van der Waals surface area contributed by atoms with Crippen LogP contribution in [0.4, 0.5) is 11.4 Å². The van der Waals surface area contributed by atoms with Crippen molar-refractivity contribution in [3.63, 3.8) is 0 Å². The number of carbonyl (C=O) groups excluding carboxylic acids is 2. The summed E-state index contributed by atoms with van der Waals surface area (Å²) in [7, 11) is 1.56. The molecule has 120 valence electrons. The van der Waals surface area contributed by atoms with Gasteiger partial charge in [-0.1, -0.05) is 23.7 Å². The Hall–Kier alpha value is -2.53. The number of nitrogens with one attached hydrogen (secondary N) is 1. The van der Waals surface area contributed by atoms with Gasteiger partial charge in [0.25, 0.3) is 0 Å². The predicted molar refractivity (Wildman–Crippen MR) is 91.1 cm³/mol. The van der Waals surface area contributed by atoms with Crippen LogP contribution in [0.15, 0.2) is 48.5 Å². The number of carbonyl (C=O) groups is 2. The Morgan fingerprint density at radius 3 is 2.35 bits per heavy atom. The van der Waals surface area contributed by atoms with Crippen molar-refractivity contribution in [3.05, 3.63) is 53.6 Å². The van der Waals surface area contributed by atoms with Gasteiger partial charge in [0.2, 0.25) is 11.8 Å². The summed E-state index contributed by atoms with van der Waals surface area (Å²) in [5.41, 5.74) is 1.13. The van der Waals surface area contributed by atoms with Gasteiger partial charge in [0.15, 0.2) is 0 Å². The van der Waals surface area contributed by atoms with Crippen LogP contribution in [0.25, 0.3) is 0 Å². The molecule has 0 bridgehead atoms. The topological polar surface area (TPSA) is 58.6 Å². The lowest BCUT2D eigenvalue weighted by Gasteiger charge is -2.21. The smallest absolute Gasteiger partial charge is 0.244 e. The van der Waals surface area contributed by atoms with Crippen LogP contribution in [0, 0.1) is 0 Å². The molecule has 0 saturated carbocycles. The molecule has 2 aromatic rings. The summed E-state index contributed by atoms with van der Waals surface area (Å²) in [5, 5.41) is 3.14. The number of ether oxygens (including phenoxy) is 1. The molecule has 0 heterocycles. The second kappa shape index (κ2) is 7.65. The van der Waals surface area contributed by atoms with Crippen molar-refractivity contribution in [1.29, 1.82) is 0 Å². The van der Waals surface area contributed by atoms with E-state index in [-0.39, 0.29) is 18.4 Å². The van der Waals surface area contributed by atoms with E-state index in [0.29, 0.717) is 22.1 Å². The van der Waals surface area contributed by atoms with Crippen LogP contribution in [0.2, 0.25) is 5.02 Å². The lowest BCUT2D eigenvalue weighted by Crippen LogP contribution is -2.36. The average molecular weight is 333 g/mol. The first kappa shape index (κ1) is 16.8. The quantitative estimate of drug-likeness (QED) is 0.913. The van der Waals surface area contributed by atoms with Crippen molar-refractivity contribution in [3.8, 4) is 5.75 Å². The fourth-order valence-corrected chi connectivity index (χ4v) is 2.23. The van der Waals surface area contributed by atoms with Gasteiger partial charge in [-0.15, -0.1) is 0 Å². The molecule has 6 heteroatoms. The van der Waals surface area contributed by atoms with Crippen molar-refractivity contribution in [1.82, 2.24) is 0 Å². The van der Waals surface area contributed by atoms with E-state index in [1.54, 1.807) is 55.6 Å². The van der Waals surface area contributed by atoms with Crippen LogP contribution in [0.3, 0.4) is 0 Å². The Morgan fingerprint density at radius 2 is 1.78 bits per heavy atom. The average Bonchev–Trinajstić information content (AvgIpc) is 2.55. The maximum Gasteiger partial charge on any atom is 0.244 e. The van der Waals surface area contributed by atoms with Crippen molar-refractivity contribution >= 4 is 34.8 Å². The number of hydrogen-bond acceptors (Lipinski definition) is 3. The van der Waals surface area contributed by atoms with Crippen LogP contribution < -0.4 is 15.0 Å². The molecule has 0 atom stereocenters. The third-order valence-electron chi connectivity index (χ3n) is 3.21. The number of para-hydroxylation sites is 1. The van der Waals surface area contributed by atoms with E-state index in [9.17, 15) is 9.59 Å². The highest BCUT2D eigenvalue weighted by molar-refractivity contribution is 6.33. The summed E-state index contributed by atoms with van der Waals surface area (Å²) in [6, 6.07) is 13.8. The highest BCUT2D eigenvalue weighted by atomic mass is 35.5. The van der Waals surface area contributed by atoms with Crippen LogP contribution in [0.5, 0.6) is 5.75 Å². The van der Waals surface area contributed by atoms with Crippen molar-refractivity contribution in [2.24, 2.45) is 0 Å². The normalized spacial score (nSPS) is 10.0. The first-order valence-electron chi connectivity index (χ1n) is 6.98. The zero-order chi connectivity index (χ0) is 16.8. The van der Waals surface area contributed by atoms with Crippen molar-refractivity contribution in [2.45, 2.75) is 6.92 Å². The fourth-order valence-electron chi connectivity index (χ4n) is 2.04. The van der Waals surface area contributed by atoms with Gasteiger partial charge in [-0.2, -0.15) is 0 Å². The molecule has 2 amide bonds. The third-order valence-corrected chi connectivity index (χ3v) is 3.54. The summed E-state index contributed by atoms with van der Waals surface area (Å²) in [6.45, 7) is 1.31. The molecule has 0 fully saturated rings.